The summed E-state index contributed by atoms with van der Waals surface area (Å²) < 4.78 is 5.51. The fraction of sp³-hybridized carbons (Fsp3) is 0.500. The fourth-order valence-electron chi connectivity index (χ4n) is 1.65. The molecule has 0 spiro atoms. The molecule has 1 unspecified atom stereocenters. The van der Waals surface area contributed by atoms with Crippen LogP contribution in [0.3, 0.4) is 0 Å². The van der Waals surface area contributed by atoms with Gasteiger partial charge in [-0.25, -0.2) is 9.97 Å². The molecule has 0 saturated heterocycles. The van der Waals surface area contributed by atoms with Gasteiger partial charge in [-0.3, -0.25) is 0 Å². The molecule has 0 aromatic carbocycles. The third-order valence-electron chi connectivity index (χ3n) is 3.11. The van der Waals surface area contributed by atoms with E-state index in [1.807, 2.05) is 26.0 Å². The van der Waals surface area contributed by atoms with Crippen LogP contribution in [0.25, 0.3) is 11.2 Å². The van der Waals surface area contributed by atoms with Gasteiger partial charge in [0.05, 0.1) is 5.52 Å². The molecular formula is C12H17N3O. The number of aromatic nitrogens is 3. The maximum atomic E-state index is 5.51. The highest BCUT2D eigenvalue weighted by atomic mass is 16.5. The van der Waals surface area contributed by atoms with Crippen LogP contribution >= 0.6 is 0 Å². The van der Waals surface area contributed by atoms with E-state index in [4.69, 9.17) is 4.74 Å². The van der Waals surface area contributed by atoms with Crippen molar-refractivity contribution in [3.63, 3.8) is 0 Å². The third kappa shape index (κ3) is 1.69. The number of pyridine rings is 1. The Morgan fingerprint density at radius 1 is 1.38 bits per heavy atom. The molecule has 2 heterocycles. The monoisotopic (exact) mass is 219 g/mol. The lowest BCUT2D eigenvalue weighted by Crippen LogP contribution is -2.24. The number of nitrogens with one attached hydrogen (secondary N) is 1. The minimum Gasteiger partial charge on any atom is -0.371 e. The molecule has 0 aliphatic heterocycles. The van der Waals surface area contributed by atoms with Crippen LogP contribution in [0.5, 0.6) is 0 Å². The summed E-state index contributed by atoms with van der Waals surface area (Å²) in [6, 6.07) is 3.97. The van der Waals surface area contributed by atoms with Crippen molar-refractivity contribution < 1.29 is 4.74 Å². The molecule has 0 saturated carbocycles. The van der Waals surface area contributed by atoms with Crippen LogP contribution in [-0.4, -0.2) is 22.1 Å². The smallest absolute Gasteiger partial charge is 0.178 e. The van der Waals surface area contributed by atoms with E-state index in [0.29, 0.717) is 0 Å². The molecule has 4 nitrogen and oxygen atoms in total. The second-order valence-corrected chi connectivity index (χ2v) is 4.20. The molecule has 2 aromatic heterocycles. The zero-order valence-corrected chi connectivity index (χ0v) is 10.2. The van der Waals surface area contributed by atoms with Gasteiger partial charge < -0.3 is 9.72 Å². The quantitative estimate of drug-likeness (QED) is 0.863. The van der Waals surface area contributed by atoms with Crippen LogP contribution in [0.2, 0.25) is 0 Å². The van der Waals surface area contributed by atoms with Crippen molar-refractivity contribution in [2.24, 2.45) is 0 Å². The number of hydrogen-bond donors (Lipinski definition) is 1. The highest BCUT2D eigenvalue weighted by Crippen LogP contribution is 2.27. The standard InChI is InChI=1S/C12H17N3O/c1-5-12(3,16-4)11-14-9-7-6-8(2)13-10(9)15-11/h6-7H,5H2,1-4H3,(H,13,14,15). The fourth-order valence-corrected chi connectivity index (χ4v) is 1.65. The van der Waals surface area contributed by atoms with Gasteiger partial charge >= 0.3 is 0 Å². The molecule has 0 amide bonds. The lowest BCUT2D eigenvalue weighted by Gasteiger charge is -2.23. The van der Waals surface area contributed by atoms with Crippen LogP contribution in [-0.2, 0) is 10.3 Å². The van der Waals surface area contributed by atoms with Gasteiger partial charge in [-0.1, -0.05) is 6.92 Å². The zero-order chi connectivity index (χ0) is 11.8. The van der Waals surface area contributed by atoms with Gasteiger partial charge in [0.25, 0.3) is 0 Å². The van der Waals surface area contributed by atoms with Gasteiger partial charge in [0.2, 0.25) is 0 Å². The number of aromatic amines is 1. The first-order valence-corrected chi connectivity index (χ1v) is 5.48. The first-order chi connectivity index (χ1) is 7.59. The molecule has 0 aliphatic carbocycles. The van der Waals surface area contributed by atoms with Gasteiger partial charge in [-0.15, -0.1) is 0 Å². The maximum Gasteiger partial charge on any atom is 0.178 e. The van der Waals surface area contributed by atoms with Gasteiger partial charge in [0.1, 0.15) is 11.4 Å². The average molecular weight is 219 g/mol. The van der Waals surface area contributed by atoms with Crippen molar-refractivity contribution in [2.75, 3.05) is 7.11 Å². The first kappa shape index (κ1) is 11.1. The third-order valence-corrected chi connectivity index (χ3v) is 3.11. The Labute approximate surface area is 95.1 Å². The summed E-state index contributed by atoms with van der Waals surface area (Å²) in [5.74, 6) is 0.839. The molecule has 2 rings (SSSR count). The van der Waals surface area contributed by atoms with E-state index in [1.165, 1.54) is 0 Å². The van der Waals surface area contributed by atoms with Crippen LogP contribution in [0, 0.1) is 6.92 Å². The summed E-state index contributed by atoms with van der Waals surface area (Å²) >= 11 is 0. The second-order valence-electron chi connectivity index (χ2n) is 4.20. The summed E-state index contributed by atoms with van der Waals surface area (Å²) in [5, 5.41) is 0. The number of imidazole rings is 1. The van der Waals surface area contributed by atoms with E-state index in [2.05, 4.69) is 21.9 Å². The van der Waals surface area contributed by atoms with E-state index >= 15 is 0 Å². The van der Waals surface area contributed by atoms with Gasteiger partial charge in [0, 0.05) is 12.8 Å². The van der Waals surface area contributed by atoms with Gasteiger partial charge in [-0.05, 0) is 32.4 Å². The molecule has 1 atom stereocenters. The largest absolute Gasteiger partial charge is 0.371 e. The summed E-state index contributed by atoms with van der Waals surface area (Å²) in [6.07, 6.45) is 0.863. The SMILES string of the molecule is CCC(C)(OC)c1nc2nc(C)ccc2[nH]1. The number of H-pyrrole nitrogens is 1. The number of methoxy groups -OCH3 is 1. The number of hydrogen-bond acceptors (Lipinski definition) is 3. The van der Waals surface area contributed by atoms with Crippen molar-refractivity contribution in [1.82, 2.24) is 15.0 Å². The molecule has 0 bridgehead atoms. The van der Waals surface area contributed by atoms with Gasteiger partial charge in [0.15, 0.2) is 5.65 Å². The summed E-state index contributed by atoms with van der Waals surface area (Å²) in [6.45, 7) is 6.07. The lowest BCUT2D eigenvalue weighted by atomic mass is 10.0. The number of ether oxygens (including phenoxy) is 1. The number of nitrogens with zero attached hydrogens (tertiary/aromatic N) is 2. The minimum atomic E-state index is -0.366. The maximum absolute atomic E-state index is 5.51. The molecular weight excluding hydrogens is 202 g/mol. The van der Waals surface area contributed by atoms with E-state index in [9.17, 15) is 0 Å². The Balaban J connectivity index is 2.54. The molecule has 0 fully saturated rings. The number of fused-ring (bicyclic) bond motifs is 1. The lowest BCUT2D eigenvalue weighted by molar-refractivity contribution is -0.00805. The molecule has 0 radical (unpaired) electrons. The van der Waals surface area contributed by atoms with Crippen molar-refractivity contribution >= 4 is 11.2 Å². The topological polar surface area (TPSA) is 50.8 Å². The molecule has 1 N–H and O–H groups in total. The minimum absolute atomic E-state index is 0.366. The van der Waals surface area contributed by atoms with Crippen LogP contribution in [0.15, 0.2) is 12.1 Å². The Morgan fingerprint density at radius 2 is 2.12 bits per heavy atom. The van der Waals surface area contributed by atoms with Crippen molar-refractivity contribution in [1.29, 1.82) is 0 Å². The Kier molecular flexibility index (Phi) is 2.68. The Morgan fingerprint density at radius 3 is 2.75 bits per heavy atom. The predicted molar refractivity (Wildman–Crippen MR) is 63.3 cm³/mol. The predicted octanol–water partition coefficient (Wildman–Crippen LogP) is 2.54. The van der Waals surface area contributed by atoms with Crippen LogP contribution < -0.4 is 0 Å². The van der Waals surface area contributed by atoms with Crippen LogP contribution in [0.4, 0.5) is 0 Å². The zero-order valence-electron chi connectivity index (χ0n) is 10.2. The number of rotatable bonds is 3. The molecule has 0 aliphatic rings. The first-order valence-electron chi connectivity index (χ1n) is 5.48. The molecule has 16 heavy (non-hydrogen) atoms. The van der Waals surface area contributed by atoms with Crippen LogP contribution in [0.1, 0.15) is 31.8 Å². The summed E-state index contributed by atoms with van der Waals surface area (Å²) in [7, 11) is 1.70. The normalized spacial score (nSPS) is 15.2. The Bertz CT molecular complexity index is 500. The second kappa shape index (κ2) is 3.87. The van der Waals surface area contributed by atoms with E-state index < -0.39 is 0 Å². The highest BCUT2D eigenvalue weighted by Gasteiger charge is 2.27. The molecule has 2 aromatic rings. The van der Waals surface area contributed by atoms with Gasteiger partial charge in [-0.2, -0.15) is 0 Å². The summed E-state index contributed by atoms with van der Waals surface area (Å²) in [5.41, 5.74) is 2.32. The van der Waals surface area contributed by atoms with Crippen molar-refractivity contribution in [3.05, 3.63) is 23.7 Å². The summed E-state index contributed by atoms with van der Waals surface area (Å²) in [4.78, 5) is 12.1. The van der Waals surface area contributed by atoms with E-state index in [-0.39, 0.29) is 5.60 Å². The molecule has 86 valence electrons. The molecule has 4 heteroatoms. The number of aryl methyl sites for hydroxylation is 1. The van der Waals surface area contributed by atoms with Crippen molar-refractivity contribution in [3.8, 4) is 0 Å². The van der Waals surface area contributed by atoms with E-state index in [0.717, 1.165) is 29.1 Å². The van der Waals surface area contributed by atoms with Crippen molar-refractivity contribution in [2.45, 2.75) is 32.8 Å². The highest BCUT2D eigenvalue weighted by molar-refractivity contribution is 5.70. The Hall–Kier alpha value is -1.42. The average Bonchev–Trinajstić information content (AvgIpc) is 2.71. The van der Waals surface area contributed by atoms with E-state index in [1.54, 1.807) is 7.11 Å².